The highest BCUT2D eigenvalue weighted by Crippen LogP contribution is 2.28. The van der Waals surface area contributed by atoms with Gasteiger partial charge in [0, 0.05) is 24.7 Å². The molecule has 0 radical (unpaired) electrons. The Labute approximate surface area is 146 Å². The smallest absolute Gasteiger partial charge is 0.231 e. The zero-order valence-electron chi connectivity index (χ0n) is 12.6. The van der Waals surface area contributed by atoms with E-state index in [1.807, 2.05) is 5.38 Å². The minimum absolute atomic E-state index is 0.0179. The third-order valence-electron chi connectivity index (χ3n) is 3.99. The zero-order chi connectivity index (χ0) is 16.5. The van der Waals surface area contributed by atoms with Crippen LogP contribution in [-0.2, 0) is 4.79 Å². The van der Waals surface area contributed by atoms with E-state index in [1.54, 1.807) is 12.5 Å². The Balaban J connectivity index is 1.56. The monoisotopic (exact) mass is 363 g/mol. The molecule has 1 amide bonds. The molecule has 1 fully saturated rings. The first-order valence-corrected chi connectivity index (χ1v) is 8.78. The molecule has 1 saturated heterocycles. The molecule has 124 valence electrons. The van der Waals surface area contributed by atoms with Crippen LogP contribution in [0, 0.1) is 5.92 Å². The Morgan fingerprint density at radius 3 is 3.17 bits per heavy atom. The Bertz CT molecular complexity index is 865. The SMILES string of the molecule is O=C(Nc1nccs1)[C@@H]1CCCN(c2nc(Cl)nc3nc[nH]c23)C1. The van der Waals surface area contributed by atoms with Gasteiger partial charge in [0.1, 0.15) is 5.52 Å². The average molecular weight is 364 g/mol. The lowest BCUT2D eigenvalue weighted by Gasteiger charge is -2.32. The lowest BCUT2D eigenvalue weighted by molar-refractivity contribution is -0.120. The lowest BCUT2D eigenvalue weighted by atomic mass is 9.97. The number of aromatic amines is 1. The number of H-pyrrole nitrogens is 1. The van der Waals surface area contributed by atoms with Crippen LogP contribution in [0.3, 0.4) is 0 Å². The van der Waals surface area contributed by atoms with Crippen molar-refractivity contribution in [3.63, 3.8) is 0 Å². The highest BCUT2D eigenvalue weighted by Gasteiger charge is 2.28. The number of hydrogen-bond donors (Lipinski definition) is 2. The Hall–Kier alpha value is -2.26. The summed E-state index contributed by atoms with van der Waals surface area (Å²) < 4.78 is 0. The van der Waals surface area contributed by atoms with Crippen molar-refractivity contribution < 1.29 is 4.79 Å². The number of aromatic nitrogens is 5. The number of carbonyl (C=O) groups excluding carboxylic acids is 1. The highest BCUT2D eigenvalue weighted by molar-refractivity contribution is 7.13. The van der Waals surface area contributed by atoms with Crippen molar-refractivity contribution in [2.24, 2.45) is 5.92 Å². The largest absolute Gasteiger partial charge is 0.354 e. The topological polar surface area (TPSA) is 99.7 Å². The fourth-order valence-electron chi connectivity index (χ4n) is 2.90. The summed E-state index contributed by atoms with van der Waals surface area (Å²) in [6.07, 6.45) is 4.97. The zero-order valence-corrected chi connectivity index (χ0v) is 14.1. The molecule has 0 aliphatic carbocycles. The first-order chi connectivity index (χ1) is 11.7. The minimum Gasteiger partial charge on any atom is -0.354 e. The summed E-state index contributed by atoms with van der Waals surface area (Å²) in [6, 6.07) is 0. The Morgan fingerprint density at radius 1 is 1.42 bits per heavy atom. The van der Waals surface area contributed by atoms with Crippen molar-refractivity contribution in [1.29, 1.82) is 0 Å². The minimum atomic E-state index is -0.130. The molecule has 0 unspecified atom stereocenters. The van der Waals surface area contributed by atoms with Crippen LogP contribution in [0.1, 0.15) is 12.8 Å². The maximum Gasteiger partial charge on any atom is 0.231 e. The summed E-state index contributed by atoms with van der Waals surface area (Å²) in [6.45, 7) is 1.38. The maximum atomic E-state index is 12.5. The first-order valence-electron chi connectivity index (χ1n) is 7.52. The van der Waals surface area contributed by atoms with Gasteiger partial charge in [0.05, 0.1) is 12.2 Å². The van der Waals surface area contributed by atoms with E-state index in [9.17, 15) is 4.79 Å². The van der Waals surface area contributed by atoms with E-state index >= 15 is 0 Å². The second-order valence-electron chi connectivity index (χ2n) is 5.53. The van der Waals surface area contributed by atoms with Crippen LogP contribution >= 0.6 is 22.9 Å². The van der Waals surface area contributed by atoms with E-state index in [4.69, 9.17) is 11.6 Å². The fourth-order valence-corrected chi connectivity index (χ4v) is 3.59. The second-order valence-corrected chi connectivity index (χ2v) is 6.76. The molecular formula is C14H14ClN7OS. The summed E-state index contributed by atoms with van der Waals surface area (Å²) in [5, 5.41) is 5.48. The number of imidazole rings is 1. The van der Waals surface area contributed by atoms with Gasteiger partial charge in [0.15, 0.2) is 16.6 Å². The maximum absolute atomic E-state index is 12.5. The van der Waals surface area contributed by atoms with Crippen molar-refractivity contribution in [3.05, 3.63) is 23.2 Å². The summed E-state index contributed by atoms with van der Waals surface area (Å²) in [4.78, 5) is 34.2. The lowest BCUT2D eigenvalue weighted by Crippen LogP contribution is -2.41. The summed E-state index contributed by atoms with van der Waals surface area (Å²) in [5.41, 5.74) is 1.26. The molecule has 0 spiro atoms. The first kappa shape index (κ1) is 15.3. The molecule has 0 saturated carbocycles. The van der Waals surface area contributed by atoms with Gasteiger partial charge >= 0.3 is 0 Å². The summed E-state index contributed by atoms with van der Waals surface area (Å²) >= 11 is 7.41. The number of hydrogen-bond acceptors (Lipinski definition) is 7. The van der Waals surface area contributed by atoms with Gasteiger partial charge in [-0.15, -0.1) is 11.3 Å². The number of amides is 1. The highest BCUT2D eigenvalue weighted by atomic mass is 35.5. The predicted octanol–water partition coefficient (Wildman–Crippen LogP) is 2.32. The third kappa shape index (κ3) is 2.92. The van der Waals surface area contributed by atoms with Crippen molar-refractivity contribution in [1.82, 2.24) is 24.9 Å². The van der Waals surface area contributed by atoms with Crippen LogP contribution in [-0.4, -0.2) is 43.9 Å². The molecule has 1 atom stereocenters. The number of thiazole rings is 1. The van der Waals surface area contributed by atoms with E-state index in [-0.39, 0.29) is 17.1 Å². The standard InChI is InChI=1S/C14H14ClN7OS/c15-13-19-10-9(17-7-18-10)11(20-13)22-4-1-2-8(6-22)12(23)21-14-16-3-5-24-14/h3,5,7-8H,1-2,4,6H2,(H,16,21,23)(H,17,18,19,20)/t8-/m1/s1. The molecule has 24 heavy (non-hydrogen) atoms. The van der Waals surface area contributed by atoms with Crippen molar-refractivity contribution in [3.8, 4) is 0 Å². The van der Waals surface area contributed by atoms with Crippen LogP contribution in [0.15, 0.2) is 17.9 Å². The van der Waals surface area contributed by atoms with Gasteiger partial charge in [-0.3, -0.25) is 4.79 Å². The molecule has 4 heterocycles. The van der Waals surface area contributed by atoms with E-state index in [0.717, 1.165) is 24.9 Å². The predicted molar refractivity (Wildman–Crippen MR) is 92.4 cm³/mol. The van der Waals surface area contributed by atoms with Gasteiger partial charge in [-0.2, -0.15) is 9.97 Å². The number of rotatable bonds is 3. The Morgan fingerprint density at radius 2 is 2.33 bits per heavy atom. The molecule has 8 nitrogen and oxygen atoms in total. The summed E-state index contributed by atoms with van der Waals surface area (Å²) in [7, 11) is 0. The number of piperidine rings is 1. The van der Waals surface area contributed by atoms with Gasteiger partial charge in [0.25, 0.3) is 0 Å². The number of halogens is 1. The molecule has 0 bridgehead atoms. The van der Waals surface area contributed by atoms with Crippen LogP contribution < -0.4 is 10.2 Å². The average Bonchev–Trinajstić information content (AvgIpc) is 3.25. The molecule has 1 aliphatic heterocycles. The number of carbonyl (C=O) groups is 1. The summed E-state index contributed by atoms with van der Waals surface area (Å²) in [5.74, 6) is 0.541. The second kappa shape index (κ2) is 6.33. The normalized spacial score (nSPS) is 18.0. The van der Waals surface area contributed by atoms with Crippen LogP contribution in [0.4, 0.5) is 10.9 Å². The number of fused-ring (bicyclic) bond motifs is 1. The van der Waals surface area contributed by atoms with Crippen molar-refractivity contribution in [2.45, 2.75) is 12.8 Å². The van der Waals surface area contributed by atoms with Gasteiger partial charge < -0.3 is 15.2 Å². The van der Waals surface area contributed by atoms with Gasteiger partial charge in [-0.1, -0.05) is 0 Å². The number of anilines is 2. The molecular weight excluding hydrogens is 350 g/mol. The van der Waals surface area contributed by atoms with E-state index < -0.39 is 0 Å². The molecule has 1 aliphatic rings. The van der Waals surface area contributed by atoms with Crippen molar-refractivity contribution >= 4 is 51.0 Å². The van der Waals surface area contributed by atoms with Crippen molar-refractivity contribution in [2.75, 3.05) is 23.3 Å². The van der Waals surface area contributed by atoms with Gasteiger partial charge in [0.2, 0.25) is 11.2 Å². The van der Waals surface area contributed by atoms with Gasteiger partial charge in [-0.25, -0.2) is 9.97 Å². The third-order valence-corrected chi connectivity index (χ3v) is 4.85. The van der Waals surface area contributed by atoms with E-state index in [2.05, 4.69) is 35.1 Å². The molecule has 10 heteroatoms. The fraction of sp³-hybridized carbons (Fsp3) is 0.357. The molecule has 3 aromatic heterocycles. The quantitative estimate of drug-likeness (QED) is 0.693. The van der Waals surface area contributed by atoms with Gasteiger partial charge in [-0.05, 0) is 24.4 Å². The Kier molecular flexibility index (Phi) is 4.03. The number of nitrogens with one attached hydrogen (secondary N) is 2. The molecule has 4 rings (SSSR count). The molecule has 3 aromatic rings. The van der Waals surface area contributed by atoms with Crippen LogP contribution in [0.2, 0.25) is 5.28 Å². The molecule has 0 aromatic carbocycles. The number of nitrogens with zero attached hydrogens (tertiary/aromatic N) is 5. The van der Waals surface area contributed by atoms with Crippen LogP contribution in [0.5, 0.6) is 0 Å². The van der Waals surface area contributed by atoms with Crippen LogP contribution in [0.25, 0.3) is 11.2 Å². The molecule has 2 N–H and O–H groups in total. The van der Waals surface area contributed by atoms with E-state index in [0.29, 0.717) is 23.1 Å². The van der Waals surface area contributed by atoms with E-state index in [1.165, 1.54) is 11.3 Å².